The molecule has 132 valence electrons. The highest BCUT2D eigenvalue weighted by Gasteiger charge is 2.46. The van der Waals surface area contributed by atoms with Crippen LogP contribution >= 0.6 is 0 Å². The van der Waals surface area contributed by atoms with E-state index in [-0.39, 0.29) is 12.1 Å². The molecule has 1 N–H and O–H groups in total. The molecule has 0 aromatic heterocycles. The molecule has 1 aromatic carbocycles. The summed E-state index contributed by atoms with van der Waals surface area (Å²) in [4.78, 5) is 15.4. The number of piperidine rings is 1. The van der Waals surface area contributed by atoms with Gasteiger partial charge in [-0.25, -0.2) is 13.6 Å². The highest BCUT2D eigenvalue weighted by Crippen LogP contribution is 2.49. The topological polar surface area (TPSA) is 35.6 Å². The monoisotopic (exact) mass is 337 g/mol. The molecule has 2 amide bonds. The number of halogens is 2. The highest BCUT2D eigenvalue weighted by atomic mass is 19.2. The van der Waals surface area contributed by atoms with Crippen molar-refractivity contribution in [1.82, 2.24) is 15.1 Å². The molecule has 1 heterocycles. The maximum absolute atomic E-state index is 13.8. The summed E-state index contributed by atoms with van der Waals surface area (Å²) in [5.41, 5.74) is 0.747. The molecule has 1 aromatic rings. The summed E-state index contributed by atoms with van der Waals surface area (Å²) in [5.74, 6) is -1.51. The molecule has 2 aliphatic rings. The predicted octanol–water partition coefficient (Wildman–Crippen LogP) is 2.98. The fourth-order valence-corrected chi connectivity index (χ4v) is 3.90. The van der Waals surface area contributed by atoms with Gasteiger partial charge in [0.25, 0.3) is 0 Å². The zero-order valence-corrected chi connectivity index (χ0v) is 14.3. The van der Waals surface area contributed by atoms with Gasteiger partial charge in [-0.05, 0) is 50.3 Å². The molecular formula is C18H25F2N3O. The van der Waals surface area contributed by atoms with Gasteiger partial charge in [0.2, 0.25) is 0 Å². The number of amides is 2. The minimum Gasteiger partial charge on any atom is -0.335 e. The Hall–Kier alpha value is -1.69. The van der Waals surface area contributed by atoms with Crippen LogP contribution in [0.3, 0.4) is 0 Å². The number of nitrogens with one attached hydrogen (secondary N) is 1. The van der Waals surface area contributed by atoms with E-state index in [1.165, 1.54) is 0 Å². The highest BCUT2D eigenvalue weighted by molar-refractivity contribution is 5.74. The lowest BCUT2D eigenvalue weighted by Gasteiger charge is -2.52. The maximum Gasteiger partial charge on any atom is 0.317 e. The Balaban J connectivity index is 1.47. The lowest BCUT2D eigenvalue weighted by atomic mass is 9.60. The molecule has 3 rings (SSSR count). The Morgan fingerprint density at radius 3 is 2.58 bits per heavy atom. The summed E-state index contributed by atoms with van der Waals surface area (Å²) in [6, 6.07) is 4.60. The molecule has 4 nitrogen and oxygen atoms in total. The van der Waals surface area contributed by atoms with Crippen LogP contribution in [0.15, 0.2) is 18.2 Å². The van der Waals surface area contributed by atoms with Gasteiger partial charge in [-0.15, -0.1) is 0 Å². The average Bonchev–Trinajstić information content (AvgIpc) is 2.52. The van der Waals surface area contributed by atoms with Crippen LogP contribution in [0.1, 0.15) is 31.2 Å². The molecule has 24 heavy (non-hydrogen) atoms. The Morgan fingerprint density at radius 1 is 1.29 bits per heavy atom. The number of carbonyl (C=O) groups is 1. The van der Waals surface area contributed by atoms with Gasteiger partial charge in [0.05, 0.1) is 0 Å². The van der Waals surface area contributed by atoms with E-state index < -0.39 is 11.6 Å². The zero-order valence-electron chi connectivity index (χ0n) is 14.3. The van der Waals surface area contributed by atoms with Crippen molar-refractivity contribution in [2.45, 2.75) is 38.3 Å². The van der Waals surface area contributed by atoms with Crippen molar-refractivity contribution < 1.29 is 13.6 Å². The minimum atomic E-state index is -0.778. The standard InChI is InChI=1S/C18H25F2N3O/c1-22(2)17(24)21-14-10-18(11-14)6-8-23(9-7-18)12-13-4-3-5-15(19)16(13)20/h3-5,14H,6-12H2,1-2H3,(H,21,24). The fraction of sp³-hybridized carbons (Fsp3) is 0.611. The van der Waals surface area contributed by atoms with Crippen LogP contribution in [0.4, 0.5) is 13.6 Å². The Morgan fingerprint density at radius 2 is 1.96 bits per heavy atom. The van der Waals surface area contributed by atoms with Crippen LogP contribution in [-0.4, -0.2) is 49.1 Å². The van der Waals surface area contributed by atoms with Crippen LogP contribution in [0.25, 0.3) is 0 Å². The number of benzene rings is 1. The first-order valence-electron chi connectivity index (χ1n) is 8.52. The number of hydrogen-bond acceptors (Lipinski definition) is 2. The van der Waals surface area contributed by atoms with E-state index in [0.29, 0.717) is 17.5 Å². The van der Waals surface area contributed by atoms with Crippen LogP contribution in [0, 0.1) is 17.0 Å². The molecule has 1 spiro atoms. The molecule has 1 aliphatic carbocycles. The SMILES string of the molecule is CN(C)C(=O)NC1CC2(CCN(Cc3cccc(F)c3F)CC2)C1. The second-order valence-electron chi connectivity index (χ2n) is 7.44. The Kier molecular flexibility index (Phi) is 4.76. The second-order valence-corrected chi connectivity index (χ2v) is 7.44. The molecule has 0 radical (unpaired) electrons. The summed E-state index contributed by atoms with van der Waals surface area (Å²) in [7, 11) is 3.49. The van der Waals surface area contributed by atoms with Gasteiger partial charge in [-0.3, -0.25) is 4.90 Å². The summed E-state index contributed by atoms with van der Waals surface area (Å²) in [5, 5.41) is 3.03. The van der Waals surface area contributed by atoms with Crippen LogP contribution in [0.5, 0.6) is 0 Å². The maximum atomic E-state index is 13.8. The third kappa shape index (κ3) is 3.53. The predicted molar refractivity (Wildman–Crippen MR) is 88.5 cm³/mol. The molecule has 0 atom stereocenters. The van der Waals surface area contributed by atoms with E-state index in [1.807, 2.05) is 0 Å². The van der Waals surface area contributed by atoms with E-state index >= 15 is 0 Å². The van der Waals surface area contributed by atoms with Crippen molar-refractivity contribution in [3.8, 4) is 0 Å². The molecule has 0 bridgehead atoms. The number of carbonyl (C=O) groups excluding carboxylic acids is 1. The zero-order chi connectivity index (χ0) is 17.3. The molecule has 6 heteroatoms. The smallest absolute Gasteiger partial charge is 0.317 e. The molecular weight excluding hydrogens is 312 g/mol. The first-order chi connectivity index (χ1) is 11.4. The van der Waals surface area contributed by atoms with Crippen molar-refractivity contribution in [2.24, 2.45) is 5.41 Å². The molecule has 0 unspecified atom stereocenters. The van der Waals surface area contributed by atoms with Gasteiger partial charge >= 0.3 is 6.03 Å². The number of nitrogens with zero attached hydrogens (tertiary/aromatic N) is 2. The van der Waals surface area contributed by atoms with E-state index in [0.717, 1.165) is 44.8 Å². The number of likely N-dealkylation sites (tertiary alicyclic amines) is 1. The lowest BCUT2D eigenvalue weighted by Crippen LogP contribution is -2.56. The molecule has 2 fully saturated rings. The van der Waals surface area contributed by atoms with Gasteiger partial charge in [0.15, 0.2) is 11.6 Å². The summed E-state index contributed by atoms with van der Waals surface area (Å²) >= 11 is 0. The third-order valence-corrected chi connectivity index (χ3v) is 5.43. The van der Waals surface area contributed by atoms with Crippen LogP contribution < -0.4 is 5.32 Å². The first-order valence-corrected chi connectivity index (χ1v) is 8.52. The van der Waals surface area contributed by atoms with E-state index in [4.69, 9.17) is 0 Å². The Labute approximate surface area is 141 Å². The molecule has 1 saturated carbocycles. The Bertz CT molecular complexity index is 604. The number of rotatable bonds is 3. The summed E-state index contributed by atoms with van der Waals surface area (Å²) in [6.07, 6.45) is 4.15. The van der Waals surface area contributed by atoms with E-state index in [9.17, 15) is 13.6 Å². The van der Waals surface area contributed by atoms with Crippen molar-refractivity contribution in [2.75, 3.05) is 27.2 Å². The normalized spacial score (nSPS) is 20.7. The van der Waals surface area contributed by atoms with Crippen molar-refractivity contribution in [3.63, 3.8) is 0 Å². The first kappa shape index (κ1) is 17.1. The van der Waals surface area contributed by atoms with Crippen molar-refractivity contribution in [1.29, 1.82) is 0 Å². The number of hydrogen-bond donors (Lipinski definition) is 1. The van der Waals surface area contributed by atoms with E-state index in [2.05, 4.69) is 10.2 Å². The average molecular weight is 337 g/mol. The number of urea groups is 1. The van der Waals surface area contributed by atoms with Gasteiger partial charge in [-0.1, -0.05) is 12.1 Å². The van der Waals surface area contributed by atoms with Gasteiger partial charge in [0.1, 0.15) is 0 Å². The lowest BCUT2D eigenvalue weighted by molar-refractivity contribution is 0.00606. The van der Waals surface area contributed by atoms with Gasteiger partial charge in [0, 0.05) is 32.2 Å². The van der Waals surface area contributed by atoms with Crippen molar-refractivity contribution in [3.05, 3.63) is 35.4 Å². The van der Waals surface area contributed by atoms with Gasteiger partial charge in [-0.2, -0.15) is 0 Å². The van der Waals surface area contributed by atoms with E-state index in [1.54, 1.807) is 31.1 Å². The summed E-state index contributed by atoms with van der Waals surface area (Å²) < 4.78 is 27.1. The second kappa shape index (κ2) is 6.67. The van der Waals surface area contributed by atoms with Gasteiger partial charge < -0.3 is 10.2 Å². The van der Waals surface area contributed by atoms with Crippen LogP contribution in [0.2, 0.25) is 0 Å². The third-order valence-electron chi connectivity index (χ3n) is 5.43. The van der Waals surface area contributed by atoms with Crippen LogP contribution in [-0.2, 0) is 6.54 Å². The fourth-order valence-electron chi connectivity index (χ4n) is 3.90. The molecule has 1 saturated heterocycles. The minimum absolute atomic E-state index is 0.0335. The van der Waals surface area contributed by atoms with Crippen molar-refractivity contribution >= 4 is 6.03 Å². The largest absolute Gasteiger partial charge is 0.335 e. The summed E-state index contributed by atoms with van der Waals surface area (Å²) in [6.45, 7) is 2.25. The quantitative estimate of drug-likeness (QED) is 0.920. The molecule has 1 aliphatic heterocycles.